The number of ether oxygens (including phenoxy) is 1. The van der Waals surface area contributed by atoms with Crippen LogP contribution in [0.15, 0.2) is 18.2 Å². The van der Waals surface area contributed by atoms with Gasteiger partial charge in [0.1, 0.15) is 11.6 Å². The molecule has 1 aromatic rings. The van der Waals surface area contributed by atoms with E-state index < -0.39 is 5.60 Å². The van der Waals surface area contributed by atoms with Crippen molar-refractivity contribution in [1.29, 1.82) is 0 Å². The molecule has 1 aliphatic heterocycles. The van der Waals surface area contributed by atoms with Crippen LogP contribution in [-0.4, -0.2) is 48.2 Å². The normalized spacial score (nSPS) is 20.8. The number of hydrogen-bond acceptors (Lipinski definition) is 4. The summed E-state index contributed by atoms with van der Waals surface area (Å²) in [7, 11) is 0. The van der Waals surface area contributed by atoms with E-state index in [1.807, 2.05) is 20.8 Å². The predicted molar refractivity (Wildman–Crippen MR) is 115 cm³/mol. The minimum absolute atomic E-state index is 0. The minimum atomic E-state index is -0.451. The summed E-state index contributed by atoms with van der Waals surface area (Å²) in [6, 6.07) is 6.96. The molecule has 4 nitrogen and oxygen atoms in total. The number of nitrogens with one attached hydrogen (secondary N) is 1. The van der Waals surface area contributed by atoms with Crippen molar-refractivity contribution in [3.8, 4) is 0 Å². The van der Waals surface area contributed by atoms with Crippen LogP contribution in [0.3, 0.4) is 0 Å². The Hall–Kier alpha value is -0.810. The number of piperazine rings is 1. The van der Waals surface area contributed by atoms with Gasteiger partial charge in [-0.25, -0.2) is 0 Å². The maximum atomic E-state index is 12.9. The van der Waals surface area contributed by atoms with Crippen molar-refractivity contribution in [2.45, 2.75) is 71.1 Å². The SMILES string of the molecule is C[C@H]1CN(C(Cc2ccc3c(c2)CCC3)C(=O)OC(C)(C)C)CCN1.Cl.Cl. The van der Waals surface area contributed by atoms with Crippen LogP contribution in [0.2, 0.25) is 0 Å². The second-order valence-electron chi connectivity index (χ2n) is 8.56. The van der Waals surface area contributed by atoms with Crippen molar-refractivity contribution in [3.05, 3.63) is 34.9 Å². The Bertz CT molecular complexity index is 631. The van der Waals surface area contributed by atoms with Crippen LogP contribution in [0, 0.1) is 0 Å². The fourth-order valence-corrected chi connectivity index (χ4v) is 3.95. The predicted octanol–water partition coefficient (Wildman–Crippen LogP) is 3.57. The van der Waals surface area contributed by atoms with E-state index >= 15 is 0 Å². The smallest absolute Gasteiger partial charge is 0.324 e. The molecule has 1 fully saturated rings. The molecule has 154 valence electrons. The van der Waals surface area contributed by atoms with Crippen LogP contribution in [0.4, 0.5) is 0 Å². The molecular weight excluding hydrogens is 383 g/mol. The fraction of sp³-hybridized carbons (Fsp3) is 0.667. The quantitative estimate of drug-likeness (QED) is 0.761. The van der Waals surface area contributed by atoms with E-state index in [0.29, 0.717) is 6.04 Å². The maximum Gasteiger partial charge on any atom is 0.324 e. The molecule has 0 aromatic heterocycles. The number of aryl methyl sites for hydroxylation is 2. The third-order valence-electron chi connectivity index (χ3n) is 5.11. The molecule has 0 spiro atoms. The number of esters is 1. The number of fused-ring (bicyclic) bond motifs is 1. The van der Waals surface area contributed by atoms with Crippen molar-refractivity contribution in [2.75, 3.05) is 19.6 Å². The second kappa shape index (κ2) is 10.1. The molecule has 1 unspecified atom stereocenters. The molecule has 1 aliphatic carbocycles. The van der Waals surface area contributed by atoms with Gasteiger partial charge in [-0.15, -0.1) is 24.8 Å². The molecule has 1 saturated heterocycles. The average Bonchev–Trinajstić information content (AvgIpc) is 2.98. The maximum absolute atomic E-state index is 12.9. The van der Waals surface area contributed by atoms with E-state index in [4.69, 9.17) is 4.74 Å². The van der Waals surface area contributed by atoms with E-state index in [0.717, 1.165) is 26.1 Å². The molecule has 3 rings (SSSR count). The lowest BCUT2D eigenvalue weighted by molar-refractivity contribution is -0.162. The van der Waals surface area contributed by atoms with Gasteiger partial charge < -0.3 is 10.1 Å². The van der Waals surface area contributed by atoms with Gasteiger partial charge in [0.15, 0.2) is 0 Å². The summed E-state index contributed by atoms with van der Waals surface area (Å²) in [5.41, 5.74) is 3.75. The van der Waals surface area contributed by atoms with Crippen LogP contribution >= 0.6 is 24.8 Å². The second-order valence-corrected chi connectivity index (χ2v) is 8.56. The molecule has 1 heterocycles. The third-order valence-corrected chi connectivity index (χ3v) is 5.11. The third kappa shape index (κ3) is 6.63. The van der Waals surface area contributed by atoms with Crippen LogP contribution in [-0.2, 0) is 28.8 Å². The summed E-state index contributed by atoms with van der Waals surface area (Å²) < 4.78 is 5.75. The largest absolute Gasteiger partial charge is 0.459 e. The Morgan fingerprint density at radius 2 is 1.96 bits per heavy atom. The van der Waals surface area contributed by atoms with E-state index in [-0.39, 0.29) is 36.8 Å². The molecule has 27 heavy (non-hydrogen) atoms. The summed E-state index contributed by atoms with van der Waals surface area (Å²) in [4.78, 5) is 15.2. The zero-order valence-corrected chi connectivity index (χ0v) is 18.5. The van der Waals surface area contributed by atoms with Gasteiger partial charge in [0, 0.05) is 25.7 Å². The van der Waals surface area contributed by atoms with Gasteiger partial charge in [0.25, 0.3) is 0 Å². The Balaban J connectivity index is 0.00000182. The highest BCUT2D eigenvalue weighted by Crippen LogP contribution is 2.24. The monoisotopic (exact) mass is 416 g/mol. The van der Waals surface area contributed by atoms with Crippen molar-refractivity contribution in [3.63, 3.8) is 0 Å². The number of hydrogen-bond donors (Lipinski definition) is 1. The van der Waals surface area contributed by atoms with Crippen LogP contribution < -0.4 is 5.32 Å². The molecule has 1 aromatic carbocycles. The van der Waals surface area contributed by atoms with Gasteiger partial charge in [-0.1, -0.05) is 18.2 Å². The standard InChI is InChI=1S/C21H32N2O2.2ClH/c1-15-14-23(11-10-22-15)19(20(24)25-21(2,3)4)13-16-8-9-17-6-5-7-18(17)12-16;;/h8-9,12,15,19,22H,5-7,10-11,13-14H2,1-4H3;2*1H/t15-,19?;;/m0../s1. The van der Waals surface area contributed by atoms with Crippen molar-refractivity contribution in [2.24, 2.45) is 0 Å². The first-order valence-corrected chi connectivity index (χ1v) is 9.63. The highest BCUT2D eigenvalue weighted by atomic mass is 35.5. The van der Waals surface area contributed by atoms with Crippen molar-refractivity contribution in [1.82, 2.24) is 10.2 Å². The summed E-state index contributed by atoms with van der Waals surface area (Å²) >= 11 is 0. The molecule has 0 bridgehead atoms. The molecule has 1 N–H and O–H groups in total. The molecule has 0 amide bonds. The highest BCUT2D eigenvalue weighted by molar-refractivity contribution is 5.85. The zero-order valence-electron chi connectivity index (χ0n) is 16.9. The summed E-state index contributed by atoms with van der Waals surface area (Å²) in [5, 5.41) is 3.46. The van der Waals surface area contributed by atoms with Crippen LogP contribution in [0.5, 0.6) is 0 Å². The number of nitrogens with zero attached hydrogens (tertiary/aromatic N) is 1. The number of benzene rings is 1. The van der Waals surface area contributed by atoms with E-state index in [1.54, 1.807) is 0 Å². The summed E-state index contributed by atoms with van der Waals surface area (Å²) in [6.07, 6.45) is 4.35. The first-order chi connectivity index (χ1) is 11.8. The molecule has 0 saturated carbocycles. The number of halogens is 2. The Morgan fingerprint density at radius 1 is 1.26 bits per heavy atom. The van der Waals surface area contributed by atoms with Crippen molar-refractivity contribution >= 4 is 30.8 Å². The van der Waals surface area contributed by atoms with Crippen LogP contribution in [0.25, 0.3) is 0 Å². The fourth-order valence-electron chi connectivity index (χ4n) is 3.95. The summed E-state index contributed by atoms with van der Waals surface area (Å²) in [6.45, 7) is 10.7. The Kier molecular flexibility index (Phi) is 9.07. The molecule has 2 aliphatic rings. The van der Waals surface area contributed by atoms with Gasteiger partial charge in [0.05, 0.1) is 0 Å². The van der Waals surface area contributed by atoms with Gasteiger partial charge in [-0.2, -0.15) is 0 Å². The topological polar surface area (TPSA) is 41.6 Å². The van der Waals surface area contributed by atoms with Gasteiger partial charge in [-0.05, 0) is 70.1 Å². The van der Waals surface area contributed by atoms with Gasteiger partial charge in [-0.3, -0.25) is 9.69 Å². The van der Waals surface area contributed by atoms with Gasteiger partial charge in [0.2, 0.25) is 0 Å². The lowest BCUT2D eigenvalue weighted by Gasteiger charge is -2.37. The average molecular weight is 417 g/mol. The molecule has 2 atom stereocenters. The number of rotatable bonds is 4. The lowest BCUT2D eigenvalue weighted by atomic mass is 9.99. The van der Waals surface area contributed by atoms with E-state index in [1.165, 1.54) is 36.0 Å². The van der Waals surface area contributed by atoms with E-state index in [9.17, 15) is 4.79 Å². The Morgan fingerprint density at radius 3 is 2.63 bits per heavy atom. The number of carbonyl (C=O) groups excluding carboxylic acids is 1. The minimum Gasteiger partial charge on any atom is -0.459 e. The lowest BCUT2D eigenvalue weighted by Crippen LogP contribution is -2.56. The Labute approximate surface area is 176 Å². The van der Waals surface area contributed by atoms with Crippen molar-refractivity contribution < 1.29 is 9.53 Å². The van der Waals surface area contributed by atoms with Gasteiger partial charge >= 0.3 is 5.97 Å². The molecular formula is C21H34Cl2N2O2. The van der Waals surface area contributed by atoms with Crippen LogP contribution in [0.1, 0.15) is 50.8 Å². The highest BCUT2D eigenvalue weighted by Gasteiger charge is 2.33. The molecule has 6 heteroatoms. The summed E-state index contributed by atoms with van der Waals surface area (Å²) in [5.74, 6) is -0.0953. The first kappa shape index (κ1) is 24.2. The van der Waals surface area contributed by atoms with E-state index in [2.05, 4.69) is 35.3 Å². The molecule has 0 radical (unpaired) electrons. The first-order valence-electron chi connectivity index (χ1n) is 9.63. The number of carbonyl (C=O) groups is 1. The zero-order chi connectivity index (χ0) is 18.0.